The van der Waals surface area contributed by atoms with Crippen molar-refractivity contribution in [1.29, 1.82) is 0 Å². The van der Waals surface area contributed by atoms with Crippen LogP contribution in [-0.4, -0.2) is 46.5 Å². The fourth-order valence-corrected chi connectivity index (χ4v) is 4.63. The van der Waals surface area contributed by atoms with Crippen molar-refractivity contribution in [3.8, 4) is 0 Å². The minimum absolute atomic E-state index is 0.241. The molecule has 6 nitrogen and oxygen atoms in total. The molecule has 0 radical (unpaired) electrons. The maximum absolute atomic E-state index is 14.1. The van der Waals surface area contributed by atoms with Gasteiger partial charge in [0.2, 0.25) is 0 Å². The molecule has 0 spiro atoms. The molecule has 0 unspecified atom stereocenters. The maximum Gasteiger partial charge on any atom is 0.257 e. The summed E-state index contributed by atoms with van der Waals surface area (Å²) < 4.78 is 28.2. The predicted molar refractivity (Wildman–Crippen MR) is 125 cm³/mol. The number of benzene rings is 2. The molecule has 170 valence electrons. The number of nitrogens with zero attached hydrogens (tertiary/aromatic N) is 2. The van der Waals surface area contributed by atoms with Crippen molar-refractivity contribution in [2.45, 2.75) is 25.8 Å². The Balaban J connectivity index is 1.57. The minimum Gasteiger partial charge on any atom is -0.382 e. The van der Waals surface area contributed by atoms with Gasteiger partial charge in [0.25, 0.3) is 5.91 Å². The number of imidazole rings is 1. The molecule has 8 heteroatoms. The van der Waals surface area contributed by atoms with Crippen molar-refractivity contribution in [3.63, 3.8) is 0 Å². The Morgan fingerprint density at radius 3 is 2.58 bits per heavy atom. The van der Waals surface area contributed by atoms with E-state index in [1.165, 1.54) is 12.1 Å². The van der Waals surface area contributed by atoms with Gasteiger partial charge < -0.3 is 20.5 Å². The Kier molecular flexibility index (Phi) is 5.68. The molecule has 3 aromatic rings. The number of fused-ring (bicyclic) bond motifs is 1. The van der Waals surface area contributed by atoms with Gasteiger partial charge in [0.1, 0.15) is 17.5 Å². The lowest BCUT2D eigenvalue weighted by atomic mass is 9.94. The Labute approximate surface area is 190 Å². The number of rotatable bonds is 5. The van der Waals surface area contributed by atoms with Crippen molar-refractivity contribution >= 4 is 28.4 Å². The van der Waals surface area contributed by atoms with Crippen LogP contribution in [0, 0.1) is 11.6 Å². The molecule has 2 aromatic carbocycles. The number of amides is 1. The van der Waals surface area contributed by atoms with Gasteiger partial charge in [-0.15, -0.1) is 0 Å². The lowest BCUT2D eigenvalue weighted by Crippen LogP contribution is -2.38. The molecule has 5 rings (SSSR count). The number of hydrogen-bond acceptors (Lipinski definition) is 4. The Morgan fingerprint density at radius 1 is 1.15 bits per heavy atom. The van der Waals surface area contributed by atoms with Crippen LogP contribution in [0.3, 0.4) is 0 Å². The molecule has 0 atom stereocenters. The van der Waals surface area contributed by atoms with Gasteiger partial charge in [0.15, 0.2) is 0 Å². The molecule has 2 aliphatic heterocycles. The van der Waals surface area contributed by atoms with Crippen molar-refractivity contribution in [2.75, 3.05) is 30.3 Å². The zero-order valence-corrected chi connectivity index (χ0v) is 18.3. The van der Waals surface area contributed by atoms with Gasteiger partial charge in [-0.2, -0.15) is 0 Å². The minimum atomic E-state index is -0.720. The molecular formula is C25H25F2N5O. The summed E-state index contributed by atoms with van der Waals surface area (Å²) in [7, 11) is 0. The van der Waals surface area contributed by atoms with Crippen molar-refractivity contribution in [3.05, 3.63) is 77.4 Å². The topological polar surface area (TPSA) is 73.0 Å². The first-order valence-electron chi connectivity index (χ1n) is 11.2. The van der Waals surface area contributed by atoms with Crippen LogP contribution < -0.4 is 10.6 Å². The van der Waals surface area contributed by atoms with E-state index < -0.39 is 11.6 Å². The third-order valence-corrected chi connectivity index (χ3v) is 6.31. The van der Waals surface area contributed by atoms with Crippen LogP contribution in [0.5, 0.6) is 0 Å². The van der Waals surface area contributed by atoms with Gasteiger partial charge >= 0.3 is 0 Å². The van der Waals surface area contributed by atoms with E-state index in [-0.39, 0.29) is 11.5 Å². The summed E-state index contributed by atoms with van der Waals surface area (Å²) in [6.07, 6.45) is 5.25. The molecule has 1 saturated heterocycles. The second kappa shape index (κ2) is 8.78. The zero-order chi connectivity index (χ0) is 22.9. The highest BCUT2D eigenvalue weighted by Crippen LogP contribution is 2.40. The van der Waals surface area contributed by atoms with Gasteiger partial charge in [-0.05, 0) is 55.3 Å². The second-order valence-corrected chi connectivity index (χ2v) is 8.41. The molecule has 0 saturated carbocycles. The molecule has 1 aromatic heterocycles. The van der Waals surface area contributed by atoms with Crippen LogP contribution in [-0.2, 0) is 4.79 Å². The number of aromatic amines is 1. The first-order valence-corrected chi connectivity index (χ1v) is 11.2. The highest BCUT2D eigenvalue weighted by Gasteiger charge is 2.30. The number of carbonyl (C=O) groups excluding carboxylic acids is 1. The van der Waals surface area contributed by atoms with E-state index in [0.717, 1.165) is 44.2 Å². The molecule has 3 N–H and O–H groups in total. The summed E-state index contributed by atoms with van der Waals surface area (Å²) in [6, 6.07) is 9.31. The molecule has 0 aliphatic carbocycles. The first kappa shape index (κ1) is 21.3. The fraction of sp³-hybridized carbons (Fsp3) is 0.280. The van der Waals surface area contributed by atoms with E-state index in [4.69, 9.17) is 0 Å². The largest absolute Gasteiger partial charge is 0.382 e. The maximum atomic E-state index is 14.1. The van der Waals surface area contributed by atoms with Gasteiger partial charge in [-0.25, -0.2) is 13.8 Å². The average Bonchev–Trinajstić information content (AvgIpc) is 3.43. The van der Waals surface area contributed by atoms with Crippen molar-refractivity contribution in [1.82, 2.24) is 14.9 Å². The Hall–Kier alpha value is -3.52. The molecule has 1 fully saturated rings. The summed E-state index contributed by atoms with van der Waals surface area (Å²) in [5, 5.41) is 6.46. The van der Waals surface area contributed by atoms with Crippen LogP contribution in [0.4, 0.5) is 20.2 Å². The highest BCUT2D eigenvalue weighted by atomic mass is 19.1. The smallest absolute Gasteiger partial charge is 0.257 e. The lowest BCUT2D eigenvalue weighted by molar-refractivity contribution is -0.110. The molecule has 3 heterocycles. The van der Waals surface area contributed by atoms with E-state index >= 15 is 0 Å². The van der Waals surface area contributed by atoms with Gasteiger partial charge in [-0.3, -0.25) is 4.79 Å². The van der Waals surface area contributed by atoms with Crippen molar-refractivity contribution < 1.29 is 13.6 Å². The fourth-order valence-electron chi connectivity index (χ4n) is 4.63. The molecule has 2 aliphatic rings. The van der Waals surface area contributed by atoms with E-state index in [2.05, 4.69) is 32.4 Å². The Bertz CT molecular complexity index is 1190. The number of likely N-dealkylation sites (tertiary alicyclic amines) is 1. The third kappa shape index (κ3) is 4.26. The number of nitrogens with one attached hydrogen (secondary N) is 3. The summed E-state index contributed by atoms with van der Waals surface area (Å²) >= 11 is 0. The number of anilines is 2. The van der Waals surface area contributed by atoms with Gasteiger partial charge in [-0.1, -0.05) is 6.92 Å². The van der Waals surface area contributed by atoms with Crippen LogP contribution in [0.25, 0.3) is 11.1 Å². The zero-order valence-electron chi connectivity index (χ0n) is 18.3. The van der Waals surface area contributed by atoms with E-state index in [1.54, 1.807) is 12.4 Å². The van der Waals surface area contributed by atoms with Gasteiger partial charge in [0, 0.05) is 60.1 Å². The third-order valence-electron chi connectivity index (χ3n) is 6.31. The van der Waals surface area contributed by atoms with Gasteiger partial charge in [0.05, 0.1) is 5.57 Å². The predicted octanol–water partition coefficient (Wildman–Crippen LogP) is 4.50. The van der Waals surface area contributed by atoms with Crippen LogP contribution in [0.15, 0.2) is 48.8 Å². The summed E-state index contributed by atoms with van der Waals surface area (Å²) in [5.74, 6) is -1.41. The summed E-state index contributed by atoms with van der Waals surface area (Å²) in [5.41, 5.74) is 3.15. The number of piperidine rings is 1. The number of carbonyl (C=O) groups is 1. The summed E-state index contributed by atoms with van der Waals surface area (Å²) in [6.45, 7) is 5.34. The lowest BCUT2D eigenvalue weighted by Gasteiger charge is -2.32. The van der Waals surface area contributed by atoms with E-state index in [0.29, 0.717) is 34.3 Å². The van der Waals surface area contributed by atoms with Crippen molar-refractivity contribution in [2.24, 2.45) is 0 Å². The highest BCUT2D eigenvalue weighted by molar-refractivity contribution is 6.38. The number of H-pyrrole nitrogens is 1. The molecular weight excluding hydrogens is 424 g/mol. The Morgan fingerprint density at radius 2 is 1.91 bits per heavy atom. The monoisotopic (exact) mass is 449 g/mol. The van der Waals surface area contributed by atoms with E-state index in [9.17, 15) is 13.6 Å². The first-order chi connectivity index (χ1) is 16.0. The van der Waals surface area contributed by atoms with E-state index in [1.807, 2.05) is 18.2 Å². The van der Waals surface area contributed by atoms with Crippen LogP contribution >= 0.6 is 0 Å². The number of aromatic nitrogens is 2. The normalized spacial score (nSPS) is 18.2. The molecule has 33 heavy (non-hydrogen) atoms. The standard InChI is InChI=1S/C25H25F2N5O/c1-2-32-9-5-18(6-10-32)30-19-3-4-21-20(14-19)23(25(33)31-21)22(24-28-7-8-29-24)15-11-16(26)13-17(27)12-15/h3-4,7-8,11-14,18,30H,2,5-6,9-10H2,1H3,(H,28,29)(H,31,33)/b23-22-. The summed E-state index contributed by atoms with van der Waals surface area (Å²) in [4.78, 5) is 22.7. The van der Waals surface area contributed by atoms with Crippen LogP contribution in [0.2, 0.25) is 0 Å². The average molecular weight is 450 g/mol. The molecule has 0 bridgehead atoms. The quantitative estimate of drug-likeness (QED) is 0.502. The van der Waals surface area contributed by atoms with Crippen LogP contribution in [0.1, 0.15) is 36.7 Å². The SMILES string of the molecule is CCN1CCC(Nc2ccc3c(c2)/C(=C(\c2cc(F)cc(F)c2)c2ncc[nH]2)C(=O)N3)CC1. The second-order valence-electron chi connectivity index (χ2n) is 8.41. The number of halogens is 2. The molecule has 1 amide bonds. The number of hydrogen-bond donors (Lipinski definition) is 3.